The van der Waals surface area contributed by atoms with Gasteiger partial charge in [-0.2, -0.15) is 0 Å². The molecule has 3 heteroatoms. The van der Waals surface area contributed by atoms with Crippen LogP contribution < -0.4 is 4.74 Å². The Labute approximate surface area is 157 Å². The van der Waals surface area contributed by atoms with Crippen LogP contribution in [0.4, 0.5) is 0 Å². The van der Waals surface area contributed by atoms with E-state index in [-0.39, 0.29) is 11.4 Å². The van der Waals surface area contributed by atoms with Gasteiger partial charge in [-0.25, -0.2) is 4.79 Å². The number of methoxy groups -OCH3 is 1. The monoisotopic (exact) mass is 354 g/mol. The summed E-state index contributed by atoms with van der Waals surface area (Å²) < 4.78 is 10.6. The number of esters is 1. The first-order chi connectivity index (χ1) is 12.3. The molecule has 1 aromatic carbocycles. The Balaban J connectivity index is 2.24. The van der Waals surface area contributed by atoms with Crippen LogP contribution >= 0.6 is 0 Å². The molecule has 0 heterocycles. The van der Waals surface area contributed by atoms with Gasteiger partial charge in [-0.1, -0.05) is 38.1 Å². The second-order valence-electron chi connectivity index (χ2n) is 7.44. The van der Waals surface area contributed by atoms with E-state index in [0.717, 1.165) is 29.7 Å². The average molecular weight is 354 g/mol. The third kappa shape index (κ3) is 4.66. The van der Waals surface area contributed by atoms with Crippen molar-refractivity contribution in [2.24, 2.45) is 0 Å². The minimum Gasteiger partial charge on any atom is -0.496 e. The molecule has 0 bridgehead atoms. The number of carbonyl (C=O) groups is 1. The highest BCUT2D eigenvalue weighted by Crippen LogP contribution is 2.43. The van der Waals surface area contributed by atoms with Crippen LogP contribution in [0, 0.1) is 0 Å². The van der Waals surface area contributed by atoms with Crippen molar-refractivity contribution in [1.29, 1.82) is 0 Å². The third-order valence-corrected chi connectivity index (χ3v) is 4.95. The van der Waals surface area contributed by atoms with Crippen LogP contribution in [0.3, 0.4) is 0 Å². The van der Waals surface area contributed by atoms with Gasteiger partial charge < -0.3 is 9.47 Å². The van der Waals surface area contributed by atoms with E-state index >= 15 is 0 Å². The maximum absolute atomic E-state index is 11.4. The van der Waals surface area contributed by atoms with Gasteiger partial charge in [0.15, 0.2) is 0 Å². The first-order valence-electron chi connectivity index (χ1n) is 9.20. The number of benzene rings is 1. The topological polar surface area (TPSA) is 35.5 Å². The van der Waals surface area contributed by atoms with E-state index in [1.807, 2.05) is 19.1 Å². The lowest BCUT2D eigenvalue weighted by molar-refractivity contribution is -0.137. The Bertz CT molecular complexity index is 764. The smallest absolute Gasteiger partial charge is 0.330 e. The largest absolute Gasteiger partial charge is 0.496 e. The van der Waals surface area contributed by atoms with Crippen LogP contribution in [0.15, 0.2) is 42.0 Å². The van der Waals surface area contributed by atoms with Crippen molar-refractivity contribution in [3.05, 3.63) is 58.7 Å². The van der Waals surface area contributed by atoms with Crippen LogP contribution in [0.5, 0.6) is 5.75 Å². The molecule has 3 nitrogen and oxygen atoms in total. The summed E-state index contributed by atoms with van der Waals surface area (Å²) in [6.07, 6.45) is 9.67. The molecule has 26 heavy (non-hydrogen) atoms. The highest BCUT2D eigenvalue weighted by atomic mass is 16.5. The van der Waals surface area contributed by atoms with E-state index in [9.17, 15) is 4.79 Å². The van der Waals surface area contributed by atoms with Crippen molar-refractivity contribution >= 4 is 11.5 Å². The zero-order valence-electron chi connectivity index (χ0n) is 16.8. The Morgan fingerprint density at radius 2 is 2.00 bits per heavy atom. The predicted molar refractivity (Wildman–Crippen MR) is 108 cm³/mol. The molecule has 0 saturated carbocycles. The molecule has 0 aromatic heterocycles. The average Bonchev–Trinajstić information content (AvgIpc) is 2.89. The number of carbonyl (C=O) groups excluding carboxylic acids is 1. The van der Waals surface area contributed by atoms with E-state index in [1.165, 1.54) is 22.8 Å². The number of allylic oxidation sites excluding steroid dienone is 5. The van der Waals surface area contributed by atoms with E-state index < -0.39 is 0 Å². The van der Waals surface area contributed by atoms with Gasteiger partial charge in [-0.3, -0.25) is 0 Å². The Kier molecular flexibility index (Phi) is 6.47. The molecular weight excluding hydrogens is 324 g/mol. The third-order valence-electron chi connectivity index (χ3n) is 4.95. The molecule has 2 rings (SSSR count). The van der Waals surface area contributed by atoms with Crippen LogP contribution in [-0.4, -0.2) is 19.7 Å². The zero-order chi connectivity index (χ0) is 19.3. The molecule has 1 aliphatic carbocycles. The van der Waals surface area contributed by atoms with Crippen LogP contribution in [-0.2, 0) is 21.4 Å². The van der Waals surface area contributed by atoms with Gasteiger partial charge in [0, 0.05) is 6.08 Å². The van der Waals surface area contributed by atoms with Crippen molar-refractivity contribution in [2.75, 3.05) is 13.7 Å². The van der Waals surface area contributed by atoms with Gasteiger partial charge in [-0.15, -0.1) is 0 Å². The Morgan fingerprint density at radius 1 is 1.27 bits per heavy atom. The summed E-state index contributed by atoms with van der Waals surface area (Å²) in [5.74, 6) is 0.680. The second-order valence-corrected chi connectivity index (χ2v) is 7.44. The summed E-state index contributed by atoms with van der Waals surface area (Å²) in [5, 5.41) is 0. The molecule has 0 unspecified atom stereocenters. The number of ether oxygens (including phenoxy) is 2. The van der Waals surface area contributed by atoms with Gasteiger partial charge in [0.2, 0.25) is 0 Å². The SMILES string of the molecule is CCOC(=O)/C=C(C)/C=C/C=C(/C)c1cc(OC)c2c(c1)C(C)(C)CC2. The van der Waals surface area contributed by atoms with E-state index in [1.54, 1.807) is 14.0 Å². The molecule has 0 N–H and O–H groups in total. The summed E-state index contributed by atoms with van der Waals surface area (Å²) in [6.45, 7) is 10.8. The van der Waals surface area contributed by atoms with Crippen molar-refractivity contribution in [3.63, 3.8) is 0 Å². The van der Waals surface area contributed by atoms with Gasteiger partial charge in [0.1, 0.15) is 5.75 Å². The number of fused-ring (bicyclic) bond motifs is 1. The molecule has 0 spiro atoms. The fourth-order valence-electron chi connectivity index (χ4n) is 3.35. The molecule has 0 aliphatic heterocycles. The standard InChI is InChI=1S/C23H30O3/c1-7-26-22(24)13-16(2)9-8-10-17(3)18-14-20-19(21(15-18)25-6)11-12-23(20,4)5/h8-10,13-15H,7,11-12H2,1-6H3/b9-8+,16-13+,17-10-. The van der Waals surface area contributed by atoms with Gasteiger partial charge in [0.25, 0.3) is 0 Å². The molecule has 0 amide bonds. The second kappa shape index (κ2) is 8.39. The fourth-order valence-corrected chi connectivity index (χ4v) is 3.35. The lowest BCUT2D eigenvalue weighted by Gasteiger charge is -2.20. The summed E-state index contributed by atoms with van der Waals surface area (Å²) >= 11 is 0. The molecule has 0 fully saturated rings. The number of hydrogen-bond donors (Lipinski definition) is 0. The van der Waals surface area contributed by atoms with Gasteiger partial charge in [0.05, 0.1) is 13.7 Å². The van der Waals surface area contributed by atoms with Crippen molar-refractivity contribution in [2.45, 2.75) is 52.9 Å². The predicted octanol–water partition coefficient (Wildman–Crippen LogP) is 5.39. The first kappa shape index (κ1) is 20.0. The molecule has 140 valence electrons. The van der Waals surface area contributed by atoms with Crippen molar-refractivity contribution in [3.8, 4) is 5.75 Å². The highest BCUT2D eigenvalue weighted by Gasteiger charge is 2.32. The summed E-state index contributed by atoms with van der Waals surface area (Å²) in [5.41, 5.74) is 6.12. The Morgan fingerprint density at radius 3 is 2.65 bits per heavy atom. The van der Waals surface area contributed by atoms with Crippen molar-refractivity contribution < 1.29 is 14.3 Å². The first-order valence-corrected chi connectivity index (χ1v) is 9.20. The normalized spacial score (nSPS) is 16.7. The van der Waals surface area contributed by atoms with E-state index in [4.69, 9.17) is 9.47 Å². The quantitative estimate of drug-likeness (QED) is 0.390. The number of rotatable bonds is 6. The van der Waals surface area contributed by atoms with E-state index in [0.29, 0.717) is 6.61 Å². The molecule has 0 atom stereocenters. The molecule has 1 aliphatic rings. The molecular formula is C23H30O3. The summed E-state index contributed by atoms with van der Waals surface area (Å²) in [6, 6.07) is 4.42. The summed E-state index contributed by atoms with van der Waals surface area (Å²) in [7, 11) is 1.74. The van der Waals surface area contributed by atoms with Gasteiger partial charge in [-0.05, 0) is 72.9 Å². The number of hydrogen-bond acceptors (Lipinski definition) is 3. The molecule has 1 aromatic rings. The van der Waals surface area contributed by atoms with Crippen LogP contribution in [0.2, 0.25) is 0 Å². The van der Waals surface area contributed by atoms with Crippen LogP contribution in [0.1, 0.15) is 57.7 Å². The minimum atomic E-state index is -0.305. The van der Waals surface area contributed by atoms with Crippen molar-refractivity contribution in [1.82, 2.24) is 0 Å². The molecule has 0 saturated heterocycles. The lowest BCUT2D eigenvalue weighted by atomic mass is 9.85. The lowest BCUT2D eigenvalue weighted by Crippen LogP contribution is -2.12. The summed E-state index contributed by atoms with van der Waals surface area (Å²) in [4.78, 5) is 11.4. The fraction of sp³-hybridized carbons (Fsp3) is 0.435. The zero-order valence-corrected chi connectivity index (χ0v) is 16.8. The molecule has 0 radical (unpaired) electrons. The maximum atomic E-state index is 11.4. The highest BCUT2D eigenvalue weighted by molar-refractivity contribution is 5.83. The minimum absolute atomic E-state index is 0.188. The van der Waals surface area contributed by atoms with Gasteiger partial charge >= 0.3 is 5.97 Å². The Hall–Kier alpha value is -2.29. The maximum Gasteiger partial charge on any atom is 0.330 e. The van der Waals surface area contributed by atoms with E-state index in [2.05, 4.69) is 39.0 Å². The van der Waals surface area contributed by atoms with Crippen LogP contribution in [0.25, 0.3) is 5.57 Å².